The summed E-state index contributed by atoms with van der Waals surface area (Å²) in [7, 11) is -4.30. The Labute approximate surface area is 110 Å². The van der Waals surface area contributed by atoms with Crippen molar-refractivity contribution in [3.63, 3.8) is 0 Å². The lowest BCUT2D eigenvalue weighted by molar-refractivity contribution is 0.518. The van der Waals surface area contributed by atoms with Gasteiger partial charge in [-0.3, -0.25) is 4.21 Å². The molecule has 5 nitrogen and oxygen atoms in total. The minimum absolute atomic E-state index is 0.000569. The number of sulfonamides is 1. The molecule has 1 fully saturated rings. The summed E-state index contributed by atoms with van der Waals surface area (Å²) in [4.78, 5) is -0.000569. The smallest absolute Gasteiger partial charge is 0.221 e. The SMILES string of the molecule is CCC(C(N)=S)S(=O)(=O)NC1CCS(=O)CC1. The van der Waals surface area contributed by atoms with Gasteiger partial charge >= 0.3 is 0 Å². The quantitative estimate of drug-likeness (QED) is 0.691. The molecule has 1 heterocycles. The Morgan fingerprint density at radius 2 is 2.06 bits per heavy atom. The average Bonchev–Trinajstić information content (AvgIpc) is 2.21. The van der Waals surface area contributed by atoms with Gasteiger partial charge in [-0.2, -0.15) is 0 Å². The Kier molecular flexibility index (Phi) is 5.49. The van der Waals surface area contributed by atoms with Crippen LogP contribution >= 0.6 is 12.2 Å². The number of hydrogen-bond acceptors (Lipinski definition) is 4. The van der Waals surface area contributed by atoms with Gasteiger partial charge in [0.2, 0.25) is 10.0 Å². The van der Waals surface area contributed by atoms with Crippen LogP contribution in [-0.4, -0.2) is 40.4 Å². The lowest BCUT2D eigenvalue weighted by Crippen LogP contribution is -2.47. The van der Waals surface area contributed by atoms with E-state index in [1.165, 1.54) is 0 Å². The number of hydrogen-bond donors (Lipinski definition) is 2. The fraction of sp³-hybridized carbons (Fsp3) is 0.889. The van der Waals surface area contributed by atoms with Gasteiger partial charge in [-0.05, 0) is 19.3 Å². The highest BCUT2D eigenvalue weighted by molar-refractivity contribution is 7.93. The van der Waals surface area contributed by atoms with Gasteiger partial charge in [0.15, 0.2) is 0 Å². The molecule has 0 saturated carbocycles. The van der Waals surface area contributed by atoms with Crippen molar-refractivity contribution >= 4 is 38.0 Å². The summed E-state index contributed by atoms with van der Waals surface area (Å²) >= 11 is 4.76. The molecule has 0 aromatic rings. The Morgan fingerprint density at radius 3 is 2.47 bits per heavy atom. The third-order valence-electron chi connectivity index (χ3n) is 2.78. The Morgan fingerprint density at radius 1 is 1.53 bits per heavy atom. The second-order valence-corrected chi connectivity index (χ2v) is 8.15. The van der Waals surface area contributed by atoms with Crippen molar-refractivity contribution in [3.8, 4) is 0 Å². The molecule has 0 radical (unpaired) electrons. The van der Waals surface area contributed by atoms with Crippen molar-refractivity contribution in [2.45, 2.75) is 37.5 Å². The molecule has 3 N–H and O–H groups in total. The van der Waals surface area contributed by atoms with Crippen LogP contribution < -0.4 is 10.5 Å². The molecule has 1 saturated heterocycles. The first-order valence-electron chi connectivity index (χ1n) is 5.52. The van der Waals surface area contributed by atoms with E-state index in [0.29, 0.717) is 30.8 Å². The summed E-state index contributed by atoms with van der Waals surface area (Å²) in [6, 6.07) is -0.138. The van der Waals surface area contributed by atoms with E-state index in [4.69, 9.17) is 18.0 Å². The normalized spacial score (nSPS) is 27.6. The molecule has 1 aliphatic heterocycles. The highest BCUT2D eigenvalue weighted by atomic mass is 32.2. The molecule has 8 heteroatoms. The number of thiocarbonyl (C=S) groups is 1. The van der Waals surface area contributed by atoms with Crippen LogP contribution in [0.5, 0.6) is 0 Å². The highest BCUT2D eigenvalue weighted by Crippen LogP contribution is 2.13. The van der Waals surface area contributed by atoms with Crippen LogP contribution in [0.15, 0.2) is 0 Å². The van der Waals surface area contributed by atoms with Gasteiger partial charge in [-0.15, -0.1) is 0 Å². The van der Waals surface area contributed by atoms with Crippen LogP contribution in [0.4, 0.5) is 0 Å². The van der Waals surface area contributed by atoms with E-state index in [0.717, 1.165) is 0 Å². The molecule has 0 bridgehead atoms. The van der Waals surface area contributed by atoms with Crippen LogP contribution in [0.1, 0.15) is 26.2 Å². The largest absolute Gasteiger partial charge is 0.392 e. The van der Waals surface area contributed by atoms with Crippen molar-refractivity contribution in [1.29, 1.82) is 0 Å². The van der Waals surface area contributed by atoms with Crippen LogP contribution in [0, 0.1) is 0 Å². The maximum absolute atomic E-state index is 12.0. The molecular formula is C9H18N2O3S3. The monoisotopic (exact) mass is 298 g/mol. The third-order valence-corrected chi connectivity index (χ3v) is 6.60. The highest BCUT2D eigenvalue weighted by Gasteiger charge is 2.30. The summed E-state index contributed by atoms with van der Waals surface area (Å²) in [5, 5.41) is -0.815. The molecule has 0 aromatic heterocycles. The predicted molar refractivity (Wildman–Crippen MR) is 73.8 cm³/mol. The van der Waals surface area contributed by atoms with Crippen molar-refractivity contribution in [1.82, 2.24) is 4.72 Å². The van der Waals surface area contributed by atoms with Crippen LogP contribution in [0.2, 0.25) is 0 Å². The molecule has 0 spiro atoms. The number of nitrogens with two attached hydrogens (primary N) is 1. The van der Waals surface area contributed by atoms with E-state index in [-0.39, 0.29) is 11.0 Å². The van der Waals surface area contributed by atoms with E-state index in [1.807, 2.05) is 0 Å². The molecule has 0 aromatic carbocycles. The van der Waals surface area contributed by atoms with Crippen molar-refractivity contribution in [2.75, 3.05) is 11.5 Å². The molecular weight excluding hydrogens is 280 g/mol. The average molecular weight is 298 g/mol. The van der Waals surface area contributed by atoms with E-state index in [1.54, 1.807) is 6.92 Å². The molecule has 100 valence electrons. The van der Waals surface area contributed by atoms with Gasteiger partial charge in [0.1, 0.15) is 5.25 Å². The Bertz CT molecular complexity index is 398. The summed E-state index contributed by atoms with van der Waals surface area (Å²) in [5.74, 6) is 1.11. The first-order valence-corrected chi connectivity index (χ1v) is 8.96. The first-order chi connectivity index (χ1) is 7.86. The first kappa shape index (κ1) is 15.0. The van der Waals surface area contributed by atoms with Gasteiger partial charge in [-0.1, -0.05) is 19.1 Å². The maximum atomic E-state index is 12.0. The van der Waals surface area contributed by atoms with E-state index in [9.17, 15) is 12.6 Å². The molecule has 0 aliphatic carbocycles. The topological polar surface area (TPSA) is 89.3 Å². The fourth-order valence-electron chi connectivity index (χ4n) is 1.80. The lowest BCUT2D eigenvalue weighted by Gasteiger charge is -2.24. The minimum atomic E-state index is -3.50. The molecule has 0 amide bonds. The van der Waals surface area contributed by atoms with Crippen molar-refractivity contribution in [2.24, 2.45) is 5.73 Å². The predicted octanol–water partition coefficient (Wildman–Crippen LogP) is -0.118. The molecule has 1 aliphatic rings. The second-order valence-electron chi connectivity index (χ2n) is 4.08. The fourth-order valence-corrected chi connectivity index (χ4v) is 5.25. The van der Waals surface area contributed by atoms with E-state index >= 15 is 0 Å². The van der Waals surface area contributed by atoms with Crippen LogP contribution in [0.3, 0.4) is 0 Å². The van der Waals surface area contributed by atoms with Crippen molar-refractivity contribution in [3.05, 3.63) is 0 Å². The number of nitrogens with one attached hydrogen (secondary N) is 1. The Hall–Kier alpha value is -0.0500. The Balaban J connectivity index is 2.66. The number of rotatable bonds is 5. The molecule has 1 unspecified atom stereocenters. The zero-order valence-electron chi connectivity index (χ0n) is 9.72. The van der Waals surface area contributed by atoms with Crippen molar-refractivity contribution < 1.29 is 12.6 Å². The van der Waals surface area contributed by atoms with Crippen LogP contribution in [-0.2, 0) is 20.8 Å². The van der Waals surface area contributed by atoms with E-state index in [2.05, 4.69) is 4.72 Å². The molecule has 17 heavy (non-hydrogen) atoms. The van der Waals surface area contributed by atoms with Crippen LogP contribution in [0.25, 0.3) is 0 Å². The summed E-state index contributed by atoms with van der Waals surface area (Å²) in [6.45, 7) is 1.74. The zero-order chi connectivity index (χ0) is 13.1. The summed E-state index contributed by atoms with van der Waals surface area (Å²) < 4.78 is 37.8. The maximum Gasteiger partial charge on any atom is 0.221 e. The summed E-state index contributed by atoms with van der Waals surface area (Å²) in [5.41, 5.74) is 5.42. The zero-order valence-corrected chi connectivity index (χ0v) is 12.2. The standard InChI is InChI=1S/C9H18N2O3S3/c1-2-8(9(10)15)17(13,14)11-7-3-5-16(12)6-4-7/h7-8,11H,2-6H2,1H3,(H2,10,15). The van der Waals surface area contributed by atoms with E-state index < -0.39 is 26.1 Å². The molecule has 1 atom stereocenters. The lowest BCUT2D eigenvalue weighted by atomic mass is 10.2. The second kappa shape index (κ2) is 6.21. The minimum Gasteiger partial charge on any atom is -0.392 e. The van der Waals surface area contributed by atoms with Gasteiger partial charge in [0.05, 0.1) is 4.99 Å². The van der Waals surface area contributed by atoms with Gasteiger partial charge in [0, 0.05) is 28.3 Å². The van der Waals surface area contributed by atoms with Gasteiger partial charge in [0.25, 0.3) is 0 Å². The van der Waals surface area contributed by atoms with Gasteiger partial charge < -0.3 is 5.73 Å². The van der Waals surface area contributed by atoms with Gasteiger partial charge in [-0.25, -0.2) is 13.1 Å². The summed E-state index contributed by atoms with van der Waals surface area (Å²) in [6.07, 6.45) is 1.59. The third kappa shape index (κ3) is 4.27. The molecule has 1 rings (SSSR count).